The Balaban J connectivity index is 1.21. The number of aromatic nitrogens is 7. The molecule has 0 bridgehead atoms. The van der Waals surface area contributed by atoms with Gasteiger partial charge in [0.1, 0.15) is 5.82 Å². The summed E-state index contributed by atoms with van der Waals surface area (Å²) in [6.45, 7) is 3.69. The minimum Gasteiger partial charge on any atom is -0.357 e. The van der Waals surface area contributed by atoms with Gasteiger partial charge in [0.25, 0.3) is 11.7 Å². The summed E-state index contributed by atoms with van der Waals surface area (Å²) in [5.74, 6) is -0.953. The van der Waals surface area contributed by atoms with E-state index in [0.29, 0.717) is 26.2 Å². The van der Waals surface area contributed by atoms with Crippen molar-refractivity contribution in [1.82, 2.24) is 39.6 Å². The van der Waals surface area contributed by atoms with Crippen LogP contribution in [0.1, 0.15) is 16.1 Å². The number of nitrogens with one attached hydrogen (secondary N) is 1. The van der Waals surface area contributed by atoms with E-state index >= 15 is 0 Å². The summed E-state index contributed by atoms with van der Waals surface area (Å²) in [5, 5.41) is 12.2. The Bertz CT molecular complexity index is 1600. The van der Waals surface area contributed by atoms with Gasteiger partial charge in [0.15, 0.2) is 11.6 Å². The van der Waals surface area contributed by atoms with Crippen LogP contribution < -0.4 is 4.90 Å². The van der Waals surface area contributed by atoms with Gasteiger partial charge in [-0.15, -0.1) is 5.10 Å². The second-order valence-electron chi connectivity index (χ2n) is 8.73. The maximum absolute atomic E-state index is 14.8. The predicted molar refractivity (Wildman–Crippen MR) is 132 cm³/mol. The van der Waals surface area contributed by atoms with E-state index in [0.717, 1.165) is 23.4 Å². The number of hydrogen-bond donors (Lipinski definition) is 1. The number of rotatable bonds is 5. The first-order valence-electron chi connectivity index (χ1n) is 11.7. The van der Waals surface area contributed by atoms with E-state index in [9.17, 15) is 14.0 Å². The van der Waals surface area contributed by atoms with E-state index in [1.54, 1.807) is 6.20 Å². The predicted octanol–water partition coefficient (Wildman–Crippen LogP) is 2.31. The zero-order valence-corrected chi connectivity index (χ0v) is 19.9. The molecule has 0 spiro atoms. The number of H-pyrrole nitrogens is 1. The molecule has 186 valence electrons. The SMILES string of the molecule is Cc1cc(N2CCN(C(=O)C(=O)c3c[nH]c4c(-n5ccnn5)ncc(F)c34)CC2)n(-c2ccccc2)n1. The highest BCUT2D eigenvalue weighted by atomic mass is 19.1. The van der Waals surface area contributed by atoms with Crippen LogP contribution in [0.4, 0.5) is 10.2 Å². The van der Waals surface area contributed by atoms with E-state index in [2.05, 4.69) is 30.3 Å². The van der Waals surface area contributed by atoms with Crippen LogP contribution in [0.25, 0.3) is 22.4 Å². The van der Waals surface area contributed by atoms with Gasteiger partial charge in [-0.25, -0.2) is 18.7 Å². The lowest BCUT2D eigenvalue weighted by Crippen LogP contribution is -2.51. The molecular formula is C25H22FN9O2. The van der Waals surface area contributed by atoms with Crippen LogP contribution in [0.5, 0.6) is 0 Å². The van der Waals surface area contributed by atoms with Crippen molar-refractivity contribution in [2.45, 2.75) is 6.92 Å². The lowest BCUT2D eigenvalue weighted by atomic mass is 10.1. The van der Waals surface area contributed by atoms with E-state index in [-0.39, 0.29) is 22.3 Å². The third kappa shape index (κ3) is 3.92. The summed E-state index contributed by atoms with van der Waals surface area (Å²) in [4.78, 5) is 36.9. The van der Waals surface area contributed by atoms with Crippen LogP contribution in [0.15, 0.2) is 61.2 Å². The number of Topliss-reactive ketones (excluding diaryl/α,β-unsaturated/α-hetero) is 1. The summed E-state index contributed by atoms with van der Waals surface area (Å²) < 4.78 is 18.0. The fraction of sp³-hybridized carbons (Fsp3) is 0.200. The normalized spacial score (nSPS) is 13.9. The molecule has 0 radical (unpaired) electrons. The van der Waals surface area contributed by atoms with Crippen molar-refractivity contribution in [2.75, 3.05) is 31.1 Å². The number of amides is 1. The molecule has 1 amide bonds. The van der Waals surface area contributed by atoms with Crippen LogP contribution in [-0.2, 0) is 4.79 Å². The Morgan fingerprint density at radius 2 is 1.86 bits per heavy atom. The smallest absolute Gasteiger partial charge is 0.295 e. The number of ketones is 1. The van der Waals surface area contributed by atoms with Gasteiger partial charge < -0.3 is 14.8 Å². The Kier molecular flexibility index (Phi) is 5.48. The molecule has 1 aromatic carbocycles. The van der Waals surface area contributed by atoms with Crippen molar-refractivity contribution in [2.24, 2.45) is 0 Å². The Hall–Kier alpha value is -4.87. The zero-order valence-electron chi connectivity index (χ0n) is 19.9. The third-order valence-electron chi connectivity index (χ3n) is 6.43. The molecule has 1 saturated heterocycles. The van der Waals surface area contributed by atoms with E-state index < -0.39 is 17.5 Å². The molecule has 37 heavy (non-hydrogen) atoms. The molecule has 0 aliphatic carbocycles. The molecule has 6 rings (SSSR count). The summed E-state index contributed by atoms with van der Waals surface area (Å²) >= 11 is 0. The minimum atomic E-state index is -0.778. The number of aromatic amines is 1. The highest BCUT2D eigenvalue weighted by Gasteiger charge is 2.31. The number of para-hydroxylation sites is 1. The van der Waals surface area contributed by atoms with Crippen molar-refractivity contribution < 1.29 is 14.0 Å². The van der Waals surface area contributed by atoms with Crippen LogP contribution in [0, 0.1) is 12.7 Å². The molecule has 0 saturated carbocycles. The van der Waals surface area contributed by atoms with Crippen molar-refractivity contribution in [3.05, 3.63) is 78.3 Å². The minimum absolute atomic E-state index is 0.000256. The fourth-order valence-corrected chi connectivity index (χ4v) is 4.64. The number of halogens is 1. The largest absolute Gasteiger partial charge is 0.357 e. The standard InChI is InChI=1S/C25H22FN9O2/c1-16-13-20(35(30-16)17-5-3-2-4-6-17)32-9-11-33(12-10-32)25(37)23(36)18-14-27-22-21(18)19(26)15-28-24(22)34-8-7-29-31-34/h2-8,13-15,27H,9-12H2,1H3. The Morgan fingerprint density at radius 1 is 1.08 bits per heavy atom. The molecule has 4 aromatic heterocycles. The second-order valence-corrected chi connectivity index (χ2v) is 8.73. The first kappa shape index (κ1) is 22.6. The van der Waals surface area contributed by atoms with Gasteiger partial charge in [-0.2, -0.15) is 5.10 Å². The van der Waals surface area contributed by atoms with Gasteiger partial charge in [-0.1, -0.05) is 23.4 Å². The lowest BCUT2D eigenvalue weighted by molar-refractivity contribution is -0.126. The Morgan fingerprint density at radius 3 is 2.59 bits per heavy atom. The van der Waals surface area contributed by atoms with Gasteiger partial charge in [0.2, 0.25) is 0 Å². The van der Waals surface area contributed by atoms with Crippen molar-refractivity contribution in [3.8, 4) is 11.5 Å². The van der Waals surface area contributed by atoms with Gasteiger partial charge in [-0.3, -0.25) is 9.59 Å². The van der Waals surface area contributed by atoms with E-state index in [1.807, 2.05) is 48.0 Å². The molecule has 1 N–H and O–H groups in total. The average Bonchev–Trinajstić information content (AvgIpc) is 3.69. The van der Waals surface area contributed by atoms with Crippen molar-refractivity contribution >= 4 is 28.4 Å². The number of anilines is 1. The first-order chi connectivity index (χ1) is 18.0. The monoisotopic (exact) mass is 499 g/mol. The average molecular weight is 500 g/mol. The highest BCUT2D eigenvalue weighted by molar-refractivity contribution is 6.45. The van der Waals surface area contributed by atoms with Crippen molar-refractivity contribution in [1.29, 1.82) is 0 Å². The maximum Gasteiger partial charge on any atom is 0.295 e. The number of benzene rings is 1. The molecule has 12 heteroatoms. The number of aryl methyl sites for hydroxylation is 1. The highest BCUT2D eigenvalue weighted by Crippen LogP contribution is 2.27. The molecule has 1 fully saturated rings. The van der Waals surface area contributed by atoms with Gasteiger partial charge in [-0.05, 0) is 19.1 Å². The number of piperazine rings is 1. The quantitative estimate of drug-likeness (QED) is 0.291. The maximum atomic E-state index is 14.8. The number of fused-ring (bicyclic) bond motifs is 1. The number of pyridine rings is 1. The fourth-order valence-electron chi connectivity index (χ4n) is 4.64. The molecular weight excluding hydrogens is 477 g/mol. The van der Waals surface area contributed by atoms with E-state index in [1.165, 1.54) is 22.0 Å². The third-order valence-corrected chi connectivity index (χ3v) is 6.43. The molecule has 0 atom stereocenters. The van der Waals surface area contributed by atoms with Gasteiger partial charge in [0, 0.05) is 38.4 Å². The number of carbonyl (C=O) groups is 2. The number of nitrogens with zero attached hydrogens (tertiary/aromatic N) is 8. The zero-order chi connectivity index (χ0) is 25.5. The molecule has 1 aliphatic rings. The van der Waals surface area contributed by atoms with Crippen LogP contribution >= 0.6 is 0 Å². The van der Waals surface area contributed by atoms with Gasteiger partial charge in [0.05, 0.1) is 46.4 Å². The van der Waals surface area contributed by atoms with Crippen LogP contribution in [-0.4, -0.2) is 77.5 Å². The molecule has 5 aromatic rings. The van der Waals surface area contributed by atoms with Gasteiger partial charge >= 0.3 is 0 Å². The summed E-state index contributed by atoms with van der Waals surface area (Å²) in [6.07, 6.45) is 5.36. The summed E-state index contributed by atoms with van der Waals surface area (Å²) in [6, 6.07) is 11.8. The number of carbonyl (C=O) groups excluding carboxylic acids is 2. The van der Waals surface area contributed by atoms with Crippen molar-refractivity contribution in [3.63, 3.8) is 0 Å². The summed E-state index contributed by atoms with van der Waals surface area (Å²) in [7, 11) is 0. The lowest BCUT2D eigenvalue weighted by Gasteiger charge is -2.35. The molecule has 1 aliphatic heterocycles. The van der Waals surface area contributed by atoms with E-state index in [4.69, 9.17) is 0 Å². The molecule has 0 unspecified atom stereocenters. The topological polar surface area (TPSA) is 118 Å². The molecule has 11 nitrogen and oxygen atoms in total. The second kappa shape index (κ2) is 8.97. The number of hydrogen-bond acceptors (Lipinski definition) is 7. The first-order valence-corrected chi connectivity index (χ1v) is 11.7. The summed E-state index contributed by atoms with van der Waals surface area (Å²) in [5.41, 5.74) is 2.05. The molecule has 5 heterocycles. The van der Waals surface area contributed by atoms with Crippen LogP contribution in [0.3, 0.4) is 0 Å². The Labute approximate surface area is 210 Å². The van der Waals surface area contributed by atoms with Crippen LogP contribution in [0.2, 0.25) is 0 Å².